The van der Waals surface area contributed by atoms with Crippen molar-refractivity contribution in [1.82, 2.24) is 5.32 Å². The van der Waals surface area contributed by atoms with Crippen LogP contribution in [0.5, 0.6) is 0 Å². The van der Waals surface area contributed by atoms with Gasteiger partial charge in [-0.3, -0.25) is 14.9 Å². The van der Waals surface area contributed by atoms with E-state index in [-0.39, 0.29) is 24.1 Å². The number of hydrogen-bond donors (Lipinski definition) is 3. The average Bonchev–Trinajstić information content (AvgIpc) is 2.30. The second-order valence-electron chi connectivity index (χ2n) is 3.87. The summed E-state index contributed by atoms with van der Waals surface area (Å²) in [6, 6.07) is 6.59. The van der Waals surface area contributed by atoms with Crippen LogP contribution in [0.4, 0.5) is 5.69 Å². The first-order valence-corrected chi connectivity index (χ1v) is 5.98. The molecule has 0 aromatic heterocycles. The Morgan fingerprint density at radius 3 is 2.40 bits per heavy atom. The van der Waals surface area contributed by atoms with Crippen molar-refractivity contribution < 1.29 is 9.59 Å². The molecule has 0 heterocycles. The van der Waals surface area contributed by atoms with Gasteiger partial charge in [-0.15, -0.1) is 0 Å². The van der Waals surface area contributed by atoms with Gasteiger partial charge in [0.2, 0.25) is 17.8 Å². The molecule has 1 amide bonds. The highest BCUT2D eigenvalue weighted by Crippen LogP contribution is 2.15. The molecule has 1 aromatic carbocycles. The van der Waals surface area contributed by atoms with E-state index in [0.717, 1.165) is 0 Å². The largest absolute Gasteiger partial charge is 0.369 e. The predicted octanol–water partition coefficient (Wildman–Crippen LogP) is 0.696. The number of ketones is 1. The second kappa shape index (κ2) is 7.25. The summed E-state index contributed by atoms with van der Waals surface area (Å²) in [5.41, 5.74) is 11.5. The molecule has 0 bridgehead atoms. The standard InChI is InChI=1S/C12H14ClN5O2/c1-7(19)6-10(20)17-12(15)18-11(14)16-9-4-2-8(13)3-5-9/h2-5H,6H2,1H3,(H5,14,15,16,17,18,20). The van der Waals surface area contributed by atoms with Gasteiger partial charge < -0.3 is 11.5 Å². The van der Waals surface area contributed by atoms with Crippen molar-refractivity contribution in [2.24, 2.45) is 21.5 Å². The summed E-state index contributed by atoms with van der Waals surface area (Å²) >= 11 is 5.73. The van der Waals surface area contributed by atoms with E-state index in [0.29, 0.717) is 10.7 Å². The lowest BCUT2D eigenvalue weighted by molar-refractivity contribution is -0.126. The van der Waals surface area contributed by atoms with Crippen LogP contribution in [0.15, 0.2) is 34.3 Å². The number of carbonyl (C=O) groups excluding carboxylic acids is 2. The number of nitrogens with one attached hydrogen (secondary N) is 1. The molecule has 0 fully saturated rings. The first-order valence-electron chi connectivity index (χ1n) is 5.60. The Kier molecular flexibility index (Phi) is 5.67. The molecule has 106 valence electrons. The molecule has 0 saturated heterocycles. The van der Waals surface area contributed by atoms with Crippen LogP contribution in [0.3, 0.4) is 0 Å². The Morgan fingerprint density at radius 1 is 1.25 bits per heavy atom. The van der Waals surface area contributed by atoms with Gasteiger partial charge in [0, 0.05) is 5.02 Å². The number of benzene rings is 1. The highest BCUT2D eigenvalue weighted by Gasteiger charge is 2.06. The average molecular weight is 296 g/mol. The zero-order valence-corrected chi connectivity index (χ0v) is 11.5. The van der Waals surface area contributed by atoms with Crippen LogP contribution < -0.4 is 16.8 Å². The maximum Gasteiger partial charge on any atom is 0.234 e. The molecular formula is C12H14ClN5O2. The summed E-state index contributed by atoms with van der Waals surface area (Å²) in [6.07, 6.45) is -0.273. The fourth-order valence-corrected chi connectivity index (χ4v) is 1.36. The van der Waals surface area contributed by atoms with E-state index in [2.05, 4.69) is 15.3 Å². The molecule has 0 aliphatic heterocycles. The van der Waals surface area contributed by atoms with Crippen molar-refractivity contribution in [2.45, 2.75) is 13.3 Å². The number of nitrogens with two attached hydrogens (primary N) is 2. The third-order valence-corrected chi connectivity index (χ3v) is 2.23. The van der Waals surface area contributed by atoms with Crippen LogP contribution in [0.25, 0.3) is 0 Å². The Balaban J connectivity index is 2.69. The lowest BCUT2D eigenvalue weighted by Gasteiger charge is -2.02. The van der Waals surface area contributed by atoms with Crippen molar-refractivity contribution in [3.05, 3.63) is 29.3 Å². The minimum atomic E-state index is -0.557. The van der Waals surface area contributed by atoms with Crippen molar-refractivity contribution in [2.75, 3.05) is 0 Å². The molecule has 0 atom stereocenters. The van der Waals surface area contributed by atoms with Crippen molar-refractivity contribution in [3.8, 4) is 0 Å². The summed E-state index contributed by atoms with van der Waals surface area (Å²) in [5.74, 6) is -1.20. The number of hydrogen-bond acceptors (Lipinski definition) is 3. The number of amides is 1. The normalized spacial score (nSPS) is 12.1. The molecular weight excluding hydrogens is 282 g/mol. The van der Waals surface area contributed by atoms with E-state index in [1.54, 1.807) is 24.3 Å². The quantitative estimate of drug-likeness (QED) is 0.431. The molecule has 0 unspecified atom stereocenters. The number of halogens is 1. The van der Waals surface area contributed by atoms with Gasteiger partial charge in [-0.2, -0.15) is 4.99 Å². The second-order valence-corrected chi connectivity index (χ2v) is 4.31. The fourth-order valence-electron chi connectivity index (χ4n) is 1.24. The topological polar surface area (TPSA) is 123 Å². The van der Waals surface area contributed by atoms with Gasteiger partial charge in [0.1, 0.15) is 5.78 Å². The number of aliphatic imine (C=N–C) groups is 2. The molecule has 0 aliphatic rings. The monoisotopic (exact) mass is 295 g/mol. The van der Waals surface area contributed by atoms with Crippen LogP contribution in [0, 0.1) is 0 Å². The molecule has 0 aliphatic carbocycles. The lowest BCUT2D eigenvalue weighted by Crippen LogP contribution is -2.38. The van der Waals surface area contributed by atoms with Gasteiger partial charge >= 0.3 is 0 Å². The highest BCUT2D eigenvalue weighted by molar-refractivity contribution is 6.30. The Bertz CT molecular complexity index is 566. The van der Waals surface area contributed by atoms with E-state index in [1.807, 2.05) is 0 Å². The summed E-state index contributed by atoms with van der Waals surface area (Å²) in [4.78, 5) is 29.6. The van der Waals surface area contributed by atoms with Crippen molar-refractivity contribution >= 4 is 40.9 Å². The Hall–Kier alpha value is -2.41. The van der Waals surface area contributed by atoms with Crippen molar-refractivity contribution in [1.29, 1.82) is 0 Å². The minimum absolute atomic E-state index is 0.132. The van der Waals surface area contributed by atoms with Gasteiger partial charge in [-0.05, 0) is 31.2 Å². The number of nitrogens with zero attached hydrogens (tertiary/aromatic N) is 2. The third-order valence-electron chi connectivity index (χ3n) is 1.98. The van der Waals surface area contributed by atoms with E-state index in [9.17, 15) is 9.59 Å². The summed E-state index contributed by atoms with van der Waals surface area (Å²) in [7, 11) is 0. The number of Topliss-reactive ketones (excluding diaryl/α,β-unsaturated/α-hetero) is 1. The molecule has 0 radical (unpaired) electrons. The smallest absolute Gasteiger partial charge is 0.234 e. The van der Waals surface area contributed by atoms with E-state index >= 15 is 0 Å². The summed E-state index contributed by atoms with van der Waals surface area (Å²) in [6.45, 7) is 1.29. The van der Waals surface area contributed by atoms with Crippen LogP contribution >= 0.6 is 11.6 Å². The molecule has 1 rings (SSSR count). The molecule has 1 aromatic rings. The molecule has 0 saturated carbocycles. The van der Waals surface area contributed by atoms with E-state index < -0.39 is 5.91 Å². The molecule has 7 nitrogen and oxygen atoms in total. The van der Waals surface area contributed by atoms with E-state index in [1.165, 1.54) is 6.92 Å². The lowest BCUT2D eigenvalue weighted by atomic mass is 10.3. The van der Waals surface area contributed by atoms with Gasteiger partial charge in [0.05, 0.1) is 12.1 Å². The molecule has 8 heteroatoms. The van der Waals surface area contributed by atoms with Crippen LogP contribution in [0.1, 0.15) is 13.3 Å². The first kappa shape index (κ1) is 15.6. The van der Waals surface area contributed by atoms with Crippen molar-refractivity contribution in [3.63, 3.8) is 0 Å². The third kappa shape index (κ3) is 5.96. The first-order chi connectivity index (χ1) is 9.36. The highest BCUT2D eigenvalue weighted by atomic mass is 35.5. The van der Waals surface area contributed by atoms with Crippen LogP contribution in [0.2, 0.25) is 5.02 Å². The van der Waals surface area contributed by atoms with Crippen LogP contribution in [-0.4, -0.2) is 23.6 Å². The molecule has 20 heavy (non-hydrogen) atoms. The Morgan fingerprint density at radius 2 is 1.85 bits per heavy atom. The molecule has 5 N–H and O–H groups in total. The van der Waals surface area contributed by atoms with Gasteiger partial charge in [0.15, 0.2) is 0 Å². The SMILES string of the molecule is CC(=O)CC(=O)N/C(N)=N/C(N)=Nc1ccc(Cl)cc1. The zero-order chi connectivity index (χ0) is 15.1. The maximum absolute atomic E-state index is 11.3. The summed E-state index contributed by atoms with van der Waals surface area (Å²) in [5, 5.41) is 2.79. The van der Waals surface area contributed by atoms with Gasteiger partial charge in [-0.1, -0.05) is 11.6 Å². The predicted molar refractivity (Wildman–Crippen MR) is 77.8 cm³/mol. The number of rotatable bonds is 3. The fraction of sp³-hybridized carbons (Fsp3) is 0.167. The summed E-state index contributed by atoms with van der Waals surface area (Å²) < 4.78 is 0. The maximum atomic E-state index is 11.3. The number of guanidine groups is 2. The van der Waals surface area contributed by atoms with Gasteiger partial charge in [-0.25, -0.2) is 4.99 Å². The van der Waals surface area contributed by atoms with E-state index in [4.69, 9.17) is 23.1 Å². The minimum Gasteiger partial charge on any atom is -0.369 e. The Labute approximate surface area is 120 Å². The van der Waals surface area contributed by atoms with Crippen LogP contribution in [-0.2, 0) is 9.59 Å². The van der Waals surface area contributed by atoms with Gasteiger partial charge in [0.25, 0.3) is 0 Å². The molecule has 0 spiro atoms. The zero-order valence-electron chi connectivity index (χ0n) is 10.8. The number of carbonyl (C=O) groups is 2.